The molecule has 0 radical (unpaired) electrons. The molecule has 1 aromatic carbocycles. The minimum atomic E-state index is 0.505. The molecule has 0 amide bonds. The van der Waals surface area contributed by atoms with Gasteiger partial charge >= 0.3 is 0 Å². The number of rotatable bonds is 2. The fourth-order valence-corrected chi connectivity index (χ4v) is 3.09. The smallest absolute Gasteiger partial charge is 0.149 e. The molecule has 0 atom stereocenters. The summed E-state index contributed by atoms with van der Waals surface area (Å²) in [5.41, 5.74) is 1.11. The largest absolute Gasteiger partial charge is 0.494 e. The molecule has 0 saturated carbocycles. The number of methoxy groups -OCH3 is 1. The van der Waals surface area contributed by atoms with Gasteiger partial charge in [-0.2, -0.15) is 0 Å². The van der Waals surface area contributed by atoms with Crippen molar-refractivity contribution in [3.05, 3.63) is 23.1 Å². The monoisotopic (exact) mass is 244 g/mol. The molecule has 4 heteroatoms. The van der Waals surface area contributed by atoms with Gasteiger partial charge < -0.3 is 4.74 Å². The molecule has 0 bridgehead atoms. The number of thiol groups is 1. The Morgan fingerprint density at radius 3 is 3.00 bits per heavy atom. The lowest BCUT2D eigenvalue weighted by molar-refractivity contribution is 0.411. The third-order valence-electron chi connectivity index (χ3n) is 2.11. The van der Waals surface area contributed by atoms with Gasteiger partial charge in [0.2, 0.25) is 0 Å². The number of ether oxygens (including phenoxy) is 1. The van der Waals surface area contributed by atoms with Gasteiger partial charge in [0.15, 0.2) is 0 Å². The van der Waals surface area contributed by atoms with Crippen LogP contribution < -0.4 is 4.74 Å². The Labute approximate surface area is 97.1 Å². The quantitative estimate of drug-likeness (QED) is 0.622. The van der Waals surface area contributed by atoms with Gasteiger partial charge in [0.1, 0.15) is 5.75 Å². The first-order chi connectivity index (χ1) is 6.77. The van der Waals surface area contributed by atoms with Crippen molar-refractivity contribution in [1.29, 1.82) is 0 Å². The van der Waals surface area contributed by atoms with E-state index in [0.717, 1.165) is 20.9 Å². The number of hydrogen-bond acceptors (Lipinski definition) is 3. The van der Waals surface area contributed by atoms with Crippen LogP contribution in [0.15, 0.2) is 22.4 Å². The average Bonchev–Trinajstić information content (AvgIpc) is 2.65. The summed E-state index contributed by atoms with van der Waals surface area (Å²) in [5.74, 6) is 1.34. The second-order valence-corrected chi connectivity index (χ2v) is 4.55. The molecule has 2 aromatic rings. The average molecular weight is 245 g/mol. The van der Waals surface area contributed by atoms with Crippen molar-refractivity contribution in [3.8, 4) is 5.75 Å². The van der Waals surface area contributed by atoms with Crippen LogP contribution >= 0.6 is 35.6 Å². The van der Waals surface area contributed by atoms with Crippen LogP contribution in [0.25, 0.3) is 10.1 Å². The summed E-state index contributed by atoms with van der Waals surface area (Å²) in [7, 11) is 1.66. The zero-order valence-electron chi connectivity index (χ0n) is 7.58. The van der Waals surface area contributed by atoms with E-state index >= 15 is 0 Å². The third-order valence-corrected chi connectivity index (χ3v) is 3.64. The summed E-state index contributed by atoms with van der Waals surface area (Å²) >= 11 is 11.9. The van der Waals surface area contributed by atoms with E-state index in [1.165, 1.54) is 5.39 Å². The van der Waals surface area contributed by atoms with Crippen LogP contribution in [-0.2, 0) is 5.88 Å². The van der Waals surface area contributed by atoms with Crippen molar-refractivity contribution in [2.24, 2.45) is 0 Å². The van der Waals surface area contributed by atoms with Crippen LogP contribution in [0.3, 0.4) is 0 Å². The van der Waals surface area contributed by atoms with Crippen LogP contribution in [0.2, 0.25) is 0 Å². The Balaban J connectivity index is 2.81. The SMILES string of the molecule is COc1c(S)cc(CCl)c2ccsc12. The molecule has 1 heterocycles. The van der Waals surface area contributed by atoms with E-state index in [1.54, 1.807) is 18.4 Å². The molecule has 0 aliphatic heterocycles. The van der Waals surface area contributed by atoms with Crippen LogP contribution in [0.4, 0.5) is 0 Å². The van der Waals surface area contributed by atoms with Gasteiger partial charge in [0, 0.05) is 16.2 Å². The maximum Gasteiger partial charge on any atom is 0.149 e. The second-order valence-electron chi connectivity index (χ2n) is 2.89. The van der Waals surface area contributed by atoms with Crippen molar-refractivity contribution in [1.82, 2.24) is 0 Å². The highest BCUT2D eigenvalue weighted by Gasteiger charge is 2.10. The number of hydrogen-bond donors (Lipinski definition) is 1. The predicted molar refractivity (Wildman–Crippen MR) is 65.2 cm³/mol. The summed E-state index contributed by atoms with van der Waals surface area (Å²) in [6.45, 7) is 0. The van der Waals surface area contributed by atoms with Crippen LogP contribution in [0.1, 0.15) is 5.56 Å². The van der Waals surface area contributed by atoms with Crippen LogP contribution in [0, 0.1) is 0 Å². The van der Waals surface area contributed by atoms with Crippen LogP contribution in [-0.4, -0.2) is 7.11 Å². The van der Waals surface area contributed by atoms with E-state index in [-0.39, 0.29) is 0 Å². The van der Waals surface area contributed by atoms with Gasteiger partial charge in [-0.05, 0) is 23.1 Å². The summed E-state index contributed by atoms with van der Waals surface area (Å²) in [4.78, 5) is 0.845. The predicted octanol–water partition coefficient (Wildman–Crippen LogP) is 3.94. The zero-order chi connectivity index (χ0) is 10.1. The highest BCUT2D eigenvalue weighted by Crippen LogP contribution is 2.38. The number of benzene rings is 1. The lowest BCUT2D eigenvalue weighted by Gasteiger charge is -2.07. The molecule has 0 fully saturated rings. The van der Waals surface area contributed by atoms with E-state index in [4.69, 9.17) is 16.3 Å². The van der Waals surface area contributed by atoms with E-state index in [9.17, 15) is 0 Å². The first kappa shape index (κ1) is 10.1. The molecule has 74 valence electrons. The highest BCUT2D eigenvalue weighted by atomic mass is 35.5. The van der Waals surface area contributed by atoms with Crippen LogP contribution in [0.5, 0.6) is 5.75 Å². The minimum absolute atomic E-state index is 0.505. The Morgan fingerprint density at radius 1 is 1.57 bits per heavy atom. The number of halogens is 1. The second kappa shape index (κ2) is 4.01. The van der Waals surface area contributed by atoms with Gasteiger partial charge in [0.05, 0.1) is 11.8 Å². The van der Waals surface area contributed by atoms with Crippen molar-refractivity contribution in [2.75, 3.05) is 7.11 Å². The molecular formula is C10H9ClOS2. The Hall–Kier alpha value is -0.380. The summed E-state index contributed by atoms with van der Waals surface area (Å²) in [6, 6.07) is 4.03. The highest BCUT2D eigenvalue weighted by molar-refractivity contribution is 7.80. The molecule has 0 N–H and O–H groups in total. The normalized spacial score (nSPS) is 10.8. The molecule has 0 spiro atoms. The van der Waals surface area contributed by atoms with Gasteiger partial charge in [-0.1, -0.05) is 0 Å². The van der Waals surface area contributed by atoms with E-state index in [0.29, 0.717) is 5.88 Å². The molecule has 1 nitrogen and oxygen atoms in total. The van der Waals surface area contributed by atoms with Gasteiger partial charge in [0.25, 0.3) is 0 Å². The maximum atomic E-state index is 5.86. The lowest BCUT2D eigenvalue weighted by atomic mass is 10.1. The minimum Gasteiger partial charge on any atom is -0.494 e. The molecule has 2 rings (SSSR count). The van der Waals surface area contributed by atoms with Crippen molar-refractivity contribution in [2.45, 2.75) is 10.8 Å². The number of thiophene rings is 1. The third kappa shape index (κ3) is 1.49. The topological polar surface area (TPSA) is 9.23 Å². The Morgan fingerprint density at radius 2 is 2.36 bits per heavy atom. The molecule has 14 heavy (non-hydrogen) atoms. The number of alkyl halides is 1. The van der Waals surface area contributed by atoms with Crippen molar-refractivity contribution < 1.29 is 4.74 Å². The molecular weight excluding hydrogens is 236 g/mol. The molecule has 0 aliphatic carbocycles. The summed E-state index contributed by atoms with van der Waals surface area (Å²) in [5, 5.41) is 3.20. The van der Waals surface area contributed by atoms with E-state index < -0.39 is 0 Å². The zero-order valence-corrected chi connectivity index (χ0v) is 10.0. The molecule has 0 aliphatic rings. The molecule has 1 aromatic heterocycles. The van der Waals surface area contributed by atoms with Crippen molar-refractivity contribution in [3.63, 3.8) is 0 Å². The van der Waals surface area contributed by atoms with E-state index in [2.05, 4.69) is 18.7 Å². The fraction of sp³-hybridized carbons (Fsp3) is 0.200. The summed E-state index contributed by atoms with van der Waals surface area (Å²) < 4.78 is 6.43. The standard InChI is InChI=1S/C10H9ClOS2/c1-12-9-8(13)4-6(5-11)7-2-3-14-10(7)9/h2-4,13H,5H2,1H3. The van der Waals surface area contributed by atoms with Crippen molar-refractivity contribution >= 4 is 45.7 Å². The Bertz CT molecular complexity index is 464. The maximum absolute atomic E-state index is 5.86. The first-order valence-corrected chi connectivity index (χ1v) is 5.96. The number of fused-ring (bicyclic) bond motifs is 1. The molecule has 0 saturated heterocycles. The van der Waals surface area contributed by atoms with Gasteiger partial charge in [-0.25, -0.2) is 0 Å². The fourth-order valence-electron chi connectivity index (χ4n) is 1.47. The van der Waals surface area contributed by atoms with Gasteiger partial charge in [-0.3, -0.25) is 0 Å². The Kier molecular flexibility index (Phi) is 2.91. The van der Waals surface area contributed by atoms with E-state index in [1.807, 2.05) is 11.4 Å². The van der Waals surface area contributed by atoms with Gasteiger partial charge in [-0.15, -0.1) is 35.6 Å². The summed E-state index contributed by atoms with van der Waals surface area (Å²) in [6.07, 6.45) is 0. The molecule has 0 unspecified atom stereocenters. The first-order valence-electron chi connectivity index (χ1n) is 4.10. The lowest BCUT2D eigenvalue weighted by Crippen LogP contribution is -1.88.